The number of aliphatic hydroxyl groups excluding tert-OH is 1. The minimum atomic E-state index is -3.94. The maximum absolute atomic E-state index is 14.1. The Labute approximate surface area is 208 Å². The van der Waals surface area contributed by atoms with Crippen molar-refractivity contribution < 1.29 is 22.3 Å². The molecule has 0 radical (unpaired) electrons. The summed E-state index contributed by atoms with van der Waals surface area (Å²) in [6, 6.07) is 3.51. The van der Waals surface area contributed by atoms with E-state index in [4.69, 9.17) is 0 Å². The van der Waals surface area contributed by atoms with Crippen molar-refractivity contribution in [2.24, 2.45) is 5.92 Å². The number of thioether (sulfide) groups is 1. The first-order chi connectivity index (χ1) is 16.6. The third-order valence-corrected chi connectivity index (χ3v) is 7.55. The van der Waals surface area contributed by atoms with Crippen molar-refractivity contribution in [2.45, 2.75) is 50.2 Å². The first-order valence-corrected chi connectivity index (χ1v) is 13.7. The molecule has 1 fully saturated rings. The predicted octanol–water partition coefficient (Wildman–Crippen LogP) is 2.21. The summed E-state index contributed by atoms with van der Waals surface area (Å²) in [4.78, 5) is 12.7. The Hall–Kier alpha value is -2.13. The highest BCUT2D eigenvalue weighted by molar-refractivity contribution is 7.98. The van der Waals surface area contributed by atoms with Gasteiger partial charge in [-0.1, -0.05) is 37.7 Å². The maximum atomic E-state index is 14.1. The van der Waals surface area contributed by atoms with E-state index in [1.54, 1.807) is 0 Å². The van der Waals surface area contributed by atoms with Gasteiger partial charge >= 0.3 is 10.2 Å². The van der Waals surface area contributed by atoms with Crippen LogP contribution in [0.4, 0.5) is 20.7 Å². The molecule has 3 rings (SSSR count). The largest absolute Gasteiger partial charge is 0.394 e. The zero-order valence-electron chi connectivity index (χ0n) is 19.8. The molecule has 0 amide bonds. The Balaban J connectivity index is 1.85. The molecule has 0 bridgehead atoms. The molecule has 10 nitrogen and oxygen atoms in total. The zero-order chi connectivity index (χ0) is 25.6. The molecule has 0 spiro atoms. The highest BCUT2D eigenvalue weighted by Gasteiger charge is 2.28. The van der Waals surface area contributed by atoms with Crippen molar-refractivity contribution in [3.8, 4) is 0 Å². The number of hydrogen-bond donors (Lipinski definition) is 4. The number of nitrogens with zero attached hydrogens (tertiary/aromatic N) is 4. The summed E-state index contributed by atoms with van der Waals surface area (Å²) in [5.74, 6) is -1.77. The Bertz CT molecular complexity index is 1110. The van der Waals surface area contributed by atoms with Gasteiger partial charge in [0, 0.05) is 37.0 Å². The van der Waals surface area contributed by atoms with Gasteiger partial charge in [-0.3, -0.25) is 0 Å². The quantitative estimate of drug-likeness (QED) is 0.322. The second-order valence-electron chi connectivity index (χ2n) is 8.74. The van der Waals surface area contributed by atoms with E-state index in [1.807, 2.05) is 20.8 Å². The van der Waals surface area contributed by atoms with E-state index in [9.17, 15) is 22.3 Å². The van der Waals surface area contributed by atoms with Gasteiger partial charge in [-0.15, -0.1) is 0 Å². The van der Waals surface area contributed by atoms with Crippen molar-refractivity contribution in [1.29, 1.82) is 0 Å². The third-order valence-electron chi connectivity index (χ3n) is 5.20. The van der Waals surface area contributed by atoms with Gasteiger partial charge in [0.05, 0.1) is 12.6 Å². The molecular formula is C21H31F2N7O3S2. The van der Waals surface area contributed by atoms with Crippen LogP contribution in [0, 0.1) is 17.6 Å². The van der Waals surface area contributed by atoms with E-state index in [2.05, 4.69) is 30.3 Å². The fraction of sp³-hybridized carbons (Fsp3) is 0.571. The van der Waals surface area contributed by atoms with Crippen molar-refractivity contribution in [1.82, 2.24) is 24.6 Å². The summed E-state index contributed by atoms with van der Waals surface area (Å²) in [7, 11) is -3.94. The van der Waals surface area contributed by atoms with E-state index in [0.29, 0.717) is 13.0 Å². The number of hydrogen-bond acceptors (Lipinski definition) is 9. The Morgan fingerprint density at radius 1 is 1.26 bits per heavy atom. The zero-order valence-corrected chi connectivity index (χ0v) is 21.5. The van der Waals surface area contributed by atoms with Crippen LogP contribution < -0.4 is 15.4 Å². The normalized spacial score (nSPS) is 18.0. The molecule has 1 aromatic carbocycles. The van der Waals surface area contributed by atoms with E-state index in [-0.39, 0.29) is 66.1 Å². The van der Waals surface area contributed by atoms with E-state index in [0.717, 1.165) is 17.8 Å². The molecule has 14 heteroatoms. The van der Waals surface area contributed by atoms with Crippen LogP contribution in [-0.2, 0) is 16.0 Å². The Kier molecular flexibility index (Phi) is 9.58. The van der Waals surface area contributed by atoms with Gasteiger partial charge in [0.15, 0.2) is 16.8 Å². The van der Waals surface area contributed by atoms with Crippen LogP contribution in [-0.4, -0.2) is 71.1 Å². The summed E-state index contributed by atoms with van der Waals surface area (Å²) < 4.78 is 57.2. The second kappa shape index (κ2) is 12.2. The number of aromatic nitrogens is 3. The SMILES string of the molecule is CC(C)CC(CO)Nc1nc(NS(=O)(=O)N2CCNC(C)C2)nc(SCc2cccc(F)c2F)n1. The van der Waals surface area contributed by atoms with Crippen molar-refractivity contribution in [3.05, 3.63) is 35.4 Å². The first-order valence-electron chi connectivity index (χ1n) is 11.3. The monoisotopic (exact) mass is 531 g/mol. The minimum absolute atomic E-state index is 0.00969. The van der Waals surface area contributed by atoms with Crippen LogP contribution in [0.5, 0.6) is 0 Å². The number of nitrogens with one attached hydrogen (secondary N) is 3. The molecule has 2 heterocycles. The van der Waals surface area contributed by atoms with Crippen LogP contribution in [0.3, 0.4) is 0 Å². The van der Waals surface area contributed by atoms with E-state index >= 15 is 0 Å². The molecule has 4 N–H and O–H groups in total. The maximum Gasteiger partial charge on any atom is 0.304 e. The number of aliphatic hydroxyl groups is 1. The lowest BCUT2D eigenvalue weighted by molar-refractivity contribution is 0.259. The second-order valence-corrected chi connectivity index (χ2v) is 11.4. The molecule has 1 aliphatic rings. The number of piperazine rings is 1. The van der Waals surface area contributed by atoms with Crippen LogP contribution in [0.2, 0.25) is 0 Å². The molecule has 2 aromatic rings. The Morgan fingerprint density at radius 3 is 2.69 bits per heavy atom. The molecule has 35 heavy (non-hydrogen) atoms. The molecule has 194 valence electrons. The van der Waals surface area contributed by atoms with Crippen molar-refractivity contribution in [3.63, 3.8) is 0 Å². The standard InChI is InChI=1S/C21H31F2N7O3S2/c1-13(2)9-16(11-31)25-19-26-20(29-35(32,33)30-8-7-24-14(3)10-30)28-21(27-19)34-12-15-5-4-6-17(22)18(15)23/h4-6,13-14,16,24,31H,7-12H2,1-3H3,(H2,25,26,27,28,29). The summed E-state index contributed by atoms with van der Waals surface area (Å²) in [5, 5.41) is 16.0. The molecule has 1 saturated heterocycles. The number of anilines is 2. The minimum Gasteiger partial charge on any atom is -0.394 e. The van der Waals surface area contributed by atoms with Gasteiger partial charge in [0.1, 0.15) is 0 Å². The smallest absolute Gasteiger partial charge is 0.304 e. The fourth-order valence-electron chi connectivity index (χ4n) is 3.56. The van der Waals surface area contributed by atoms with Crippen LogP contribution in [0.25, 0.3) is 0 Å². The lowest BCUT2D eigenvalue weighted by Gasteiger charge is -2.30. The summed E-state index contributed by atoms with van der Waals surface area (Å²) in [6.07, 6.45) is 0.624. The van der Waals surface area contributed by atoms with Gasteiger partial charge in [0.2, 0.25) is 11.9 Å². The average molecular weight is 532 g/mol. The summed E-state index contributed by atoms with van der Waals surface area (Å²) in [6.45, 7) is 6.79. The highest BCUT2D eigenvalue weighted by atomic mass is 32.2. The third kappa shape index (κ3) is 7.93. The van der Waals surface area contributed by atoms with Gasteiger partial charge in [-0.2, -0.15) is 27.7 Å². The highest BCUT2D eigenvalue weighted by Crippen LogP contribution is 2.25. The molecule has 2 atom stereocenters. The average Bonchev–Trinajstić information content (AvgIpc) is 2.79. The van der Waals surface area contributed by atoms with Crippen molar-refractivity contribution in [2.75, 3.05) is 36.3 Å². The molecule has 0 saturated carbocycles. The van der Waals surface area contributed by atoms with Crippen molar-refractivity contribution >= 4 is 33.9 Å². The van der Waals surface area contributed by atoms with Gasteiger partial charge in [-0.25, -0.2) is 13.5 Å². The van der Waals surface area contributed by atoms with Gasteiger partial charge < -0.3 is 15.7 Å². The lowest BCUT2D eigenvalue weighted by Crippen LogP contribution is -2.52. The molecule has 1 aliphatic heterocycles. The topological polar surface area (TPSA) is 132 Å². The molecule has 2 unspecified atom stereocenters. The lowest BCUT2D eigenvalue weighted by atomic mass is 10.0. The molecule has 1 aromatic heterocycles. The molecule has 0 aliphatic carbocycles. The summed E-state index contributed by atoms with van der Waals surface area (Å²) >= 11 is 1.01. The number of halogens is 2. The Morgan fingerprint density at radius 2 is 2.00 bits per heavy atom. The van der Waals surface area contributed by atoms with Gasteiger partial charge in [0.25, 0.3) is 0 Å². The number of rotatable bonds is 11. The predicted molar refractivity (Wildman–Crippen MR) is 131 cm³/mol. The fourth-order valence-corrected chi connectivity index (χ4v) is 5.57. The van der Waals surface area contributed by atoms with Gasteiger partial charge in [-0.05, 0) is 25.3 Å². The van der Waals surface area contributed by atoms with E-state index < -0.39 is 21.8 Å². The first kappa shape index (κ1) is 27.5. The summed E-state index contributed by atoms with van der Waals surface area (Å²) in [5.41, 5.74) is 0.120. The van der Waals surface area contributed by atoms with Crippen LogP contribution in [0.15, 0.2) is 23.4 Å². The van der Waals surface area contributed by atoms with Crippen LogP contribution in [0.1, 0.15) is 32.8 Å². The molecular weight excluding hydrogens is 500 g/mol. The van der Waals surface area contributed by atoms with Crippen LogP contribution >= 0.6 is 11.8 Å². The van der Waals surface area contributed by atoms with E-state index in [1.165, 1.54) is 16.4 Å². The number of benzene rings is 1.